The van der Waals surface area contributed by atoms with Gasteiger partial charge in [-0.05, 0) is 67.6 Å². The highest BCUT2D eigenvalue weighted by molar-refractivity contribution is 8.00. The molecular formula is C19H32O2S2. The quantitative estimate of drug-likeness (QED) is 0.407. The molecule has 23 heavy (non-hydrogen) atoms. The molecule has 0 bridgehead atoms. The molecule has 0 aromatic heterocycles. The summed E-state index contributed by atoms with van der Waals surface area (Å²) in [5.74, 6) is 5.11. The first kappa shape index (κ1) is 19.2. The van der Waals surface area contributed by atoms with Crippen LogP contribution in [0, 0.1) is 11.8 Å². The lowest BCUT2D eigenvalue weighted by Crippen LogP contribution is -2.15. The Hall–Kier alpha value is -0.0900. The van der Waals surface area contributed by atoms with Crippen molar-refractivity contribution >= 4 is 29.5 Å². The van der Waals surface area contributed by atoms with E-state index in [1.54, 1.807) is 6.08 Å². The van der Waals surface area contributed by atoms with Gasteiger partial charge in [-0.2, -0.15) is 23.5 Å². The molecule has 1 heterocycles. The normalized spacial score (nSPS) is 26.1. The van der Waals surface area contributed by atoms with Crippen LogP contribution in [0.1, 0.15) is 64.2 Å². The zero-order chi connectivity index (χ0) is 16.3. The monoisotopic (exact) mass is 356 g/mol. The first-order valence-corrected chi connectivity index (χ1v) is 11.5. The average molecular weight is 357 g/mol. The van der Waals surface area contributed by atoms with E-state index >= 15 is 0 Å². The summed E-state index contributed by atoms with van der Waals surface area (Å²) in [5, 5.41) is 9.52. The Bertz CT molecular complexity index is 364. The second-order valence-electron chi connectivity index (χ2n) is 7.00. The number of thioether (sulfide) groups is 2. The van der Waals surface area contributed by atoms with Crippen molar-refractivity contribution in [1.82, 2.24) is 0 Å². The third-order valence-electron chi connectivity index (χ3n) is 5.18. The molecule has 1 aliphatic heterocycles. The summed E-state index contributed by atoms with van der Waals surface area (Å²) in [6.07, 6.45) is 16.4. The van der Waals surface area contributed by atoms with E-state index in [0.29, 0.717) is 0 Å². The van der Waals surface area contributed by atoms with E-state index in [-0.39, 0.29) is 0 Å². The molecule has 0 aromatic carbocycles. The third kappa shape index (κ3) is 8.02. The molecule has 2 nitrogen and oxygen atoms in total. The molecule has 1 aliphatic carbocycles. The van der Waals surface area contributed by atoms with Crippen molar-refractivity contribution in [2.24, 2.45) is 11.8 Å². The fourth-order valence-electron chi connectivity index (χ4n) is 3.75. The van der Waals surface area contributed by atoms with E-state index in [4.69, 9.17) is 5.11 Å². The summed E-state index contributed by atoms with van der Waals surface area (Å²) >= 11 is 4.40. The highest BCUT2D eigenvalue weighted by atomic mass is 32.2. The van der Waals surface area contributed by atoms with E-state index in [2.05, 4.69) is 23.5 Å². The molecular weight excluding hydrogens is 324 g/mol. The highest BCUT2D eigenvalue weighted by Gasteiger charge is 2.27. The Balaban J connectivity index is 1.54. The fraction of sp³-hybridized carbons (Fsp3) is 0.842. The second kappa shape index (κ2) is 11.5. The third-order valence-corrected chi connectivity index (χ3v) is 7.92. The number of hydrogen-bond donors (Lipinski definition) is 1. The van der Waals surface area contributed by atoms with Gasteiger partial charge in [0.05, 0.1) is 0 Å². The van der Waals surface area contributed by atoms with E-state index in [9.17, 15) is 4.79 Å². The van der Waals surface area contributed by atoms with Gasteiger partial charge < -0.3 is 5.11 Å². The number of aliphatic carboxylic acids is 1. The van der Waals surface area contributed by atoms with Gasteiger partial charge in [0.2, 0.25) is 0 Å². The van der Waals surface area contributed by atoms with Gasteiger partial charge in [0.25, 0.3) is 0 Å². The zero-order valence-electron chi connectivity index (χ0n) is 14.3. The lowest BCUT2D eigenvalue weighted by Gasteiger charge is -2.23. The average Bonchev–Trinajstić information content (AvgIpc) is 2.99. The Labute approximate surface area is 150 Å². The largest absolute Gasteiger partial charge is 0.478 e. The molecule has 132 valence electrons. The summed E-state index contributed by atoms with van der Waals surface area (Å²) in [6, 6.07) is 0. The minimum atomic E-state index is -0.826. The van der Waals surface area contributed by atoms with Crippen molar-refractivity contribution in [1.29, 1.82) is 0 Å². The Morgan fingerprint density at radius 1 is 1.09 bits per heavy atom. The van der Waals surface area contributed by atoms with Gasteiger partial charge in [0.1, 0.15) is 0 Å². The number of carbonyl (C=O) groups is 1. The lowest BCUT2D eigenvalue weighted by atomic mass is 9.89. The molecule has 2 rings (SSSR count). The first-order valence-electron chi connectivity index (χ1n) is 9.34. The summed E-state index contributed by atoms with van der Waals surface area (Å²) in [6.45, 7) is 0. The number of rotatable bonds is 10. The van der Waals surface area contributed by atoms with Gasteiger partial charge in [0.15, 0.2) is 0 Å². The van der Waals surface area contributed by atoms with Crippen LogP contribution < -0.4 is 0 Å². The Morgan fingerprint density at radius 3 is 2.57 bits per heavy atom. The van der Waals surface area contributed by atoms with E-state index in [1.165, 1.54) is 74.7 Å². The standard InChI is InChI=1S/C19H32O2S2/c20-19(21)11-7-2-1-4-8-16-14-22-15-17(16)12-13-23-18-9-5-3-6-10-18/h7,11,16-18H,1-6,8-10,12-15H2,(H,20,21)/t16-,17+/m0/s1. The minimum absolute atomic E-state index is 0.826. The van der Waals surface area contributed by atoms with Gasteiger partial charge in [-0.1, -0.05) is 31.8 Å². The molecule has 0 amide bonds. The molecule has 2 aliphatic rings. The smallest absolute Gasteiger partial charge is 0.327 e. The summed E-state index contributed by atoms with van der Waals surface area (Å²) < 4.78 is 0. The summed E-state index contributed by atoms with van der Waals surface area (Å²) in [4.78, 5) is 10.4. The second-order valence-corrected chi connectivity index (χ2v) is 9.49. The molecule has 0 aromatic rings. The van der Waals surface area contributed by atoms with E-state index < -0.39 is 5.97 Å². The number of carboxylic acids is 1. The van der Waals surface area contributed by atoms with Crippen LogP contribution in [0.15, 0.2) is 12.2 Å². The SMILES string of the molecule is O=C(O)C=CCCCC[C@H]1CSC[C@H]1CCSC1CCCCC1. The van der Waals surface area contributed by atoms with Crippen LogP contribution in [0.4, 0.5) is 0 Å². The maximum Gasteiger partial charge on any atom is 0.327 e. The highest BCUT2D eigenvalue weighted by Crippen LogP contribution is 2.37. The topological polar surface area (TPSA) is 37.3 Å². The number of hydrogen-bond acceptors (Lipinski definition) is 3. The van der Waals surface area contributed by atoms with Crippen LogP contribution in [0.2, 0.25) is 0 Å². The maximum atomic E-state index is 10.4. The molecule has 2 fully saturated rings. The molecule has 1 saturated carbocycles. The van der Waals surface area contributed by atoms with Gasteiger partial charge in [-0.3, -0.25) is 0 Å². The van der Waals surface area contributed by atoms with Crippen LogP contribution in [-0.4, -0.2) is 33.6 Å². The summed E-state index contributed by atoms with van der Waals surface area (Å²) in [5.41, 5.74) is 0. The maximum absolute atomic E-state index is 10.4. The molecule has 0 unspecified atom stereocenters. The van der Waals surface area contributed by atoms with Crippen molar-refractivity contribution < 1.29 is 9.90 Å². The first-order chi connectivity index (χ1) is 11.3. The molecule has 0 radical (unpaired) electrons. The van der Waals surface area contributed by atoms with Gasteiger partial charge in [-0.15, -0.1) is 0 Å². The van der Waals surface area contributed by atoms with Crippen molar-refractivity contribution in [3.8, 4) is 0 Å². The minimum Gasteiger partial charge on any atom is -0.478 e. The Kier molecular flexibility index (Phi) is 9.59. The van der Waals surface area contributed by atoms with Crippen molar-refractivity contribution in [2.75, 3.05) is 17.3 Å². The van der Waals surface area contributed by atoms with Gasteiger partial charge in [-0.25, -0.2) is 4.79 Å². The summed E-state index contributed by atoms with van der Waals surface area (Å²) in [7, 11) is 0. The molecule has 1 N–H and O–H groups in total. The van der Waals surface area contributed by atoms with E-state index in [0.717, 1.165) is 29.9 Å². The van der Waals surface area contributed by atoms with Gasteiger partial charge in [0, 0.05) is 11.3 Å². The van der Waals surface area contributed by atoms with Crippen LogP contribution in [0.25, 0.3) is 0 Å². The van der Waals surface area contributed by atoms with Crippen molar-refractivity contribution in [3.63, 3.8) is 0 Å². The molecule has 0 spiro atoms. The van der Waals surface area contributed by atoms with Crippen molar-refractivity contribution in [3.05, 3.63) is 12.2 Å². The van der Waals surface area contributed by atoms with Crippen molar-refractivity contribution in [2.45, 2.75) is 69.5 Å². The van der Waals surface area contributed by atoms with Gasteiger partial charge >= 0.3 is 5.97 Å². The lowest BCUT2D eigenvalue weighted by molar-refractivity contribution is -0.131. The predicted octanol–water partition coefficient (Wildman–Crippen LogP) is 5.62. The van der Waals surface area contributed by atoms with Crippen LogP contribution in [-0.2, 0) is 4.79 Å². The predicted molar refractivity (Wildman–Crippen MR) is 103 cm³/mol. The number of allylic oxidation sites excluding steroid dienone is 1. The molecule has 4 heteroatoms. The Morgan fingerprint density at radius 2 is 1.83 bits per heavy atom. The number of unbranched alkanes of at least 4 members (excludes halogenated alkanes) is 2. The molecule has 1 saturated heterocycles. The zero-order valence-corrected chi connectivity index (χ0v) is 15.9. The van der Waals surface area contributed by atoms with Crippen LogP contribution in [0.5, 0.6) is 0 Å². The molecule has 2 atom stereocenters. The fourth-order valence-corrected chi connectivity index (χ4v) is 6.81. The van der Waals surface area contributed by atoms with Crippen LogP contribution in [0.3, 0.4) is 0 Å². The van der Waals surface area contributed by atoms with Crippen LogP contribution >= 0.6 is 23.5 Å². The number of carboxylic acid groups (broad SMARTS) is 1. The van der Waals surface area contributed by atoms with E-state index in [1.807, 2.05) is 0 Å².